The van der Waals surface area contributed by atoms with Crippen molar-refractivity contribution in [3.05, 3.63) is 0 Å². The van der Waals surface area contributed by atoms with E-state index < -0.39 is 5.60 Å². The summed E-state index contributed by atoms with van der Waals surface area (Å²) >= 11 is 0. The Morgan fingerprint density at radius 2 is 1.78 bits per heavy atom. The third kappa shape index (κ3) is 2.96. The highest BCUT2D eigenvalue weighted by atomic mass is 16.6. The van der Waals surface area contributed by atoms with Crippen molar-refractivity contribution in [3.63, 3.8) is 0 Å². The number of carbonyl (C=O) groups is 2. The van der Waals surface area contributed by atoms with Crippen LogP contribution in [0.25, 0.3) is 0 Å². The molecule has 0 amide bonds. The van der Waals surface area contributed by atoms with Crippen molar-refractivity contribution in [3.8, 4) is 0 Å². The van der Waals surface area contributed by atoms with E-state index in [0.717, 1.165) is 25.2 Å². The van der Waals surface area contributed by atoms with Crippen LogP contribution in [0.4, 0.5) is 0 Å². The maximum atomic E-state index is 12.8. The molecule has 130 valence electrons. The molecule has 3 aliphatic carbocycles. The van der Waals surface area contributed by atoms with Crippen molar-refractivity contribution in [1.29, 1.82) is 0 Å². The molecular formula is C20H32O3. The fourth-order valence-corrected chi connectivity index (χ4v) is 5.55. The monoisotopic (exact) mass is 320 g/mol. The molecule has 0 N–H and O–H groups in total. The van der Waals surface area contributed by atoms with Gasteiger partial charge in [0.05, 0.1) is 11.8 Å². The zero-order valence-electron chi connectivity index (χ0n) is 15.3. The maximum absolute atomic E-state index is 12.8. The van der Waals surface area contributed by atoms with E-state index >= 15 is 0 Å². The van der Waals surface area contributed by atoms with Crippen molar-refractivity contribution >= 4 is 11.8 Å². The van der Waals surface area contributed by atoms with Crippen LogP contribution in [-0.4, -0.2) is 17.4 Å². The molecule has 0 aromatic heterocycles. The highest BCUT2D eigenvalue weighted by Crippen LogP contribution is 2.55. The Bertz CT molecular complexity index is 493. The lowest BCUT2D eigenvalue weighted by Crippen LogP contribution is -2.45. The summed E-state index contributed by atoms with van der Waals surface area (Å²) in [6, 6.07) is 0. The summed E-state index contributed by atoms with van der Waals surface area (Å²) in [5, 5.41) is 0. The van der Waals surface area contributed by atoms with Crippen LogP contribution in [0.5, 0.6) is 0 Å². The molecule has 3 fully saturated rings. The van der Waals surface area contributed by atoms with Gasteiger partial charge in [0.2, 0.25) is 0 Å². The van der Waals surface area contributed by atoms with Gasteiger partial charge in [0.15, 0.2) is 0 Å². The first kappa shape index (κ1) is 17.0. The van der Waals surface area contributed by atoms with Gasteiger partial charge in [-0.25, -0.2) is 0 Å². The normalized spacial score (nSPS) is 43.7. The van der Waals surface area contributed by atoms with Gasteiger partial charge in [0.1, 0.15) is 11.4 Å². The topological polar surface area (TPSA) is 43.4 Å². The Balaban J connectivity index is 1.64. The van der Waals surface area contributed by atoms with Crippen LogP contribution in [0, 0.1) is 41.4 Å². The summed E-state index contributed by atoms with van der Waals surface area (Å²) in [5.41, 5.74) is -0.662. The molecule has 0 aliphatic heterocycles. The van der Waals surface area contributed by atoms with Crippen LogP contribution in [0.1, 0.15) is 66.7 Å². The predicted molar refractivity (Wildman–Crippen MR) is 89.7 cm³/mol. The molecule has 0 aromatic rings. The van der Waals surface area contributed by atoms with Gasteiger partial charge < -0.3 is 4.74 Å². The highest BCUT2D eigenvalue weighted by molar-refractivity contribution is 5.83. The first-order valence-corrected chi connectivity index (χ1v) is 9.46. The van der Waals surface area contributed by atoms with E-state index in [2.05, 4.69) is 20.8 Å². The van der Waals surface area contributed by atoms with E-state index in [1.807, 2.05) is 13.8 Å². The fourth-order valence-electron chi connectivity index (χ4n) is 5.55. The lowest BCUT2D eigenvalue weighted by Gasteiger charge is -2.39. The molecule has 2 bridgehead atoms. The largest absolute Gasteiger partial charge is 0.459 e. The number of ketones is 1. The highest BCUT2D eigenvalue weighted by Gasteiger charge is 2.53. The Kier molecular flexibility index (Phi) is 4.35. The molecule has 7 unspecified atom stereocenters. The number of ether oxygens (including phenoxy) is 1. The minimum absolute atomic E-state index is 0.0485. The van der Waals surface area contributed by atoms with Crippen LogP contribution in [0.2, 0.25) is 0 Å². The summed E-state index contributed by atoms with van der Waals surface area (Å²) in [6.07, 6.45) is 4.71. The number of rotatable bonds is 3. The van der Waals surface area contributed by atoms with Gasteiger partial charge in [-0.1, -0.05) is 20.8 Å². The van der Waals surface area contributed by atoms with Crippen LogP contribution < -0.4 is 0 Å². The minimum atomic E-state index is -0.662. The summed E-state index contributed by atoms with van der Waals surface area (Å²) < 4.78 is 5.94. The van der Waals surface area contributed by atoms with E-state index in [9.17, 15) is 9.59 Å². The molecule has 0 heterocycles. The van der Waals surface area contributed by atoms with Gasteiger partial charge in [0.25, 0.3) is 0 Å². The number of carbonyl (C=O) groups excluding carboxylic acids is 2. The maximum Gasteiger partial charge on any atom is 0.309 e. The second kappa shape index (κ2) is 5.89. The Morgan fingerprint density at radius 3 is 2.35 bits per heavy atom. The number of hydrogen-bond donors (Lipinski definition) is 0. The van der Waals surface area contributed by atoms with E-state index in [1.54, 1.807) is 0 Å². The summed E-state index contributed by atoms with van der Waals surface area (Å²) in [5.74, 6) is 3.15. The van der Waals surface area contributed by atoms with Crippen molar-refractivity contribution in [2.24, 2.45) is 41.4 Å². The van der Waals surface area contributed by atoms with Crippen LogP contribution in [0.15, 0.2) is 0 Å². The fraction of sp³-hybridized carbons (Fsp3) is 0.900. The molecule has 0 aromatic carbocycles. The van der Waals surface area contributed by atoms with Crippen molar-refractivity contribution in [2.75, 3.05) is 0 Å². The zero-order chi connectivity index (χ0) is 16.9. The van der Waals surface area contributed by atoms with Crippen molar-refractivity contribution in [2.45, 2.75) is 72.3 Å². The summed E-state index contributed by atoms with van der Waals surface area (Å²) in [6.45, 7) is 10.6. The lowest BCUT2D eigenvalue weighted by molar-refractivity contribution is -0.172. The SMILES string of the molecule is CC1CCC(C(C)(C)OC(=O)C2CC3CC2C(C)C3C)C(=O)C1. The van der Waals surface area contributed by atoms with E-state index in [1.165, 1.54) is 6.42 Å². The molecule has 0 spiro atoms. The average Bonchev–Trinajstić information content (AvgIpc) is 2.99. The van der Waals surface area contributed by atoms with Crippen molar-refractivity contribution in [1.82, 2.24) is 0 Å². The molecule has 23 heavy (non-hydrogen) atoms. The first-order valence-electron chi connectivity index (χ1n) is 9.46. The van der Waals surface area contributed by atoms with E-state index in [0.29, 0.717) is 30.1 Å². The Morgan fingerprint density at radius 1 is 1.09 bits per heavy atom. The molecule has 3 rings (SSSR count). The van der Waals surface area contributed by atoms with E-state index in [-0.39, 0.29) is 23.6 Å². The molecule has 3 saturated carbocycles. The van der Waals surface area contributed by atoms with Gasteiger partial charge in [-0.15, -0.1) is 0 Å². The van der Waals surface area contributed by atoms with Crippen LogP contribution >= 0.6 is 0 Å². The zero-order valence-corrected chi connectivity index (χ0v) is 15.3. The quantitative estimate of drug-likeness (QED) is 0.730. The number of Topliss-reactive ketones (excluding diaryl/α,β-unsaturated/α-hetero) is 1. The predicted octanol–water partition coefficient (Wildman–Crippen LogP) is 4.24. The average molecular weight is 320 g/mol. The molecule has 3 nitrogen and oxygen atoms in total. The van der Waals surface area contributed by atoms with Gasteiger partial charge in [0, 0.05) is 6.42 Å². The molecule has 0 saturated heterocycles. The van der Waals surface area contributed by atoms with Gasteiger partial charge in [-0.3, -0.25) is 9.59 Å². The summed E-state index contributed by atoms with van der Waals surface area (Å²) in [4.78, 5) is 25.2. The number of hydrogen-bond acceptors (Lipinski definition) is 3. The number of esters is 1. The van der Waals surface area contributed by atoms with E-state index in [4.69, 9.17) is 4.74 Å². The molecule has 3 aliphatic rings. The minimum Gasteiger partial charge on any atom is -0.459 e. The van der Waals surface area contributed by atoms with Crippen LogP contribution in [-0.2, 0) is 14.3 Å². The van der Waals surface area contributed by atoms with Gasteiger partial charge >= 0.3 is 5.97 Å². The first-order chi connectivity index (χ1) is 10.7. The Hall–Kier alpha value is -0.860. The molecular weight excluding hydrogens is 288 g/mol. The van der Waals surface area contributed by atoms with Gasteiger partial charge in [-0.05, 0) is 69.1 Å². The third-order valence-electron chi connectivity index (χ3n) is 7.29. The summed E-state index contributed by atoms with van der Waals surface area (Å²) in [7, 11) is 0. The van der Waals surface area contributed by atoms with Crippen LogP contribution in [0.3, 0.4) is 0 Å². The molecule has 7 atom stereocenters. The number of fused-ring (bicyclic) bond motifs is 2. The standard InChI is InChI=1S/C20H32O3/c1-11-6-7-17(18(21)8-11)20(4,5)23-19(22)16-10-14-9-15(16)13(3)12(14)2/h11-17H,6-10H2,1-5H3. The van der Waals surface area contributed by atoms with Crippen molar-refractivity contribution < 1.29 is 14.3 Å². The Labute approximate surface area is 140 Å². The van der Waals surface area contributed by atoms with Gasteiger partial charge in [-0.2, -0.15) is 0 Å². The third-order valence-corrected chi connectivity index (χ3v) is 7.29. The molecule has 3 heteroatoms. The second-order valence-corrected chi connectivity index (χ2v) is 9.15. The molecule has 0 radical (unpaired) electrons. The lowest BCUT2D eigenvalue weighted by atomic mass is 9.73. The second-order valence-electron chi connectivity index (χ2n) is 9.15. The smallest absolute Gasteiger partial charge is 0.309 e.